The highest BCUT2D eigenvalue weighted by Crippen LogP contribution is 2.52. The van der Waals surface area contributed by atoms with Gasteiger partial charge in [-0.05, 0) is 6.92 Å². The number of esters is 1. The van der Waals surface area contributed by atoms with Gasteiger partial charge in [-0.25, -0.2) is 0 Å². The van der Waals surface area contributed by atoms with Gasteiger partial charge < -0.3 is 13.8 Å². The molecule has 0 amide bonds. The molecule has 0 aromatic heterocycles. The lowest BCUT2D eigenvalue weighted by atomic mass is 10.2. The first kappa shape index (κ1) is 11.8. The molecular weight excluding hydrogens is 208 g/mol. The van der Waals surface area contributed by atoms with E-state index in [0.717, 1.165) is 0 Å². The zero-order chi connectivity index (χ0) is 10.9. The van der Waals surface area contributed by atoms with E-state index in [4.69, 9.17) is 8.92 Å². The van der Waals surface area contributed by atoms with Gasteiger partial charge in [0.2, 0.25) is 0 Å². The molecule has 1 heterocycles. The maximum atomic E-state index is 11.2. The first-order valence-electron chi connectivity index (χ1n) is 4.46. The van der Waals surface area contributed by atoms with Gasteiger partial charge in [0.05, 0.1) is 22.0 Å². The number of carbonyl (C=O) groups excluding carboxylic acids is 1. The van der Waals surface area contributed by atoms with Crippen LogP contribution in [0, 0.1) is 5.92 Å². The fourth-order valence-electron chi connectivity index (χ4n) is 1.02. The van der Waals surface area contributed by atoms with Crippen LogP contribution in [0.5, 0.6) is 0 Å². The lowest BCUT2D eigenvalue weighted by Gasteiger charge is -2.25. The molecule has 2 unspecified atom stereocenters. The van der Waals surface area contributed by atoms with E-state index in [2.05, 4.69) is 0 Å². The van der Waals surface area contributed by atoms with Crippen LogP contribution in [0.15, 0.2) is 0 Å². The van der Waals surface area contributed by atoms with Gasteiger partial charge in [-0.2, -0.15) is 0 Å². The molecule has 1 saturated heterocycles. The normalized spacial score (nSPS) is 33.0. The second-order valence-corrected chi connectivity index (χ2v) is 5.71. The van der Waals surface area contributed by atoms with Crippen molar-refractivity contribution in [3.63, 3.8) is 0 Å². The van der Waals surface area contributed by atoms with Crippen molar-refractivity contribution < 1.29 is 22.8 Å². The number of hydrogen-bond donors (Lipinski definition) is 2. The van der Waals surface area contributed by atoms with Crippen molar-refractivity contribution >= 4 is 16.8 Å². The minimum absolute atomic E-state index is 0.0575. The second kappa shape index (κ2) is 4.06. The Hall–Kier alpha value is -0.300. The van der Waals surface area contributed by atoms with E-state index in [1.165, 1.54) is 0 Å². The maximum Gasteiger partial charge on any atom is 0.308 e. The number of hydrogen-bond acceptors (Lipinski definition) is 5. The van der Waals surface area contributed by atoms with Gasteiger partial charge in [0.1, 0.15) is 12.7 Å². The largest absolute Gasteiger partial charge is 0.458 e. The summed E-state index contributed by atoms with van der Waals surface area (Å²) in [6.45, 7) is 5.10. The zero-order valence-electron chi connectivity index (χ0n) is 8.47. The maximum absolute atomic E-state index is 11.2. The summed E-state index contributed by atoms with van der Waals surface area (Å²) in [6, 6.07) is 0. The van der Waals surface area contributed by atoms with Crippen LogP contribution in [0.2, 0.25) is 0 Å². The third-order valence-corrected chi connectivity index (χ3v) is 3.91. The standard InChI is InChI=1S/C8H16O5S/c1-5(2)8(9)13-7-4-12-14(10,11)6(7)3/h5-7,10-11H,4H2,1-3H3. The van der Waals surface area contributed by atoms with Gasteiger partial charge in [0, 0.05) is 0 Å². The Morgan fingerprint density at radius 2 is 2.14 bits per heavy atom. The quantitative estimate of drug-likeness (QED) is 0.697. The lowest BCUT2D eigenvalue weighted by Crippen LogP contribution is -2.29. The van der Waals surface area contributed by atoms with E-state index in [0.29, 0.717) is 0 Å². The molecule has 0 bridgehead atoms. The summed E-state index contributed by atoms with van der Waals surface area (Å²) in [5, 5.41) is -0.551. The summed E-state index contributed by atoms with van der Waals surface area (Å²) in [5.41, 5.74) is 0. The summed E-state index contributed by atoms with van der Waals surface area (Å²) in [4.78, 5) is 11.2. The average Bonchev–Trinajstić information content (AvgIpc) is 2.32. The second-order valence-electron chi connectivity index (χ2n) is 3.66. The molecule has 14 heavy (non-hydrogen) atoms. The molecule has 2 N–H and O–H groups in total. The molecule has 84 valence electrons. The van der Waals surface area contributed by atoms with E-state index in [1.807, 2.05) is 0 Å². The van der Waals surface area contributed by atoms with Crippen molar-refractivity contribution in [2.75, 3.05) is 6.61 Å². The third kappa shape index (κ3) is 2.38. The predicted molar refractivity (Wildman–Crippen MR) is 53.0 cm³/mol. The molecular formula is C8H16O5S. The molecule has 2 atom stereocenters. The number of carbonyl (C=O) groups is 1. The highest BCUT2D eigenvalue weighted by atomic mass is 32.3. The number of ether oxygens (including phenoxy) is 1. The number of rotatable bonds is 2. The minimum atomic E-state index is -3.02. The van der Waals surface area contributed by atoms with Crippen molar-refractivity contribution in [2.45, 2.75) is 32.1 Å². The Morgan fingerprint density at radius 1 is 1.57 bits per heavy atom. The van der Waals surface area contributed by atoms with Crippen LogP contribution >= 0.6 is 10.9 Å². The highest BCUT2D eigenvalue weighted by molar-refractivity contribution is 8.20. The molecule has 6 heteroatoms. The molecule has 0 spiro atoms. The summed E-state index contributed by atoms with van der Waals surface area (Å²) in [6.07, 6.45) is -0.546. The van der Waals surface area contributed by atoms with Gasteiger partial charge in [-0.3, -0.25) is 8.98 Å². The third-order valence-electron chi connectivity index (χ3n) is 2.15. The van der Waals surface area contributed by atoms with Gasteiger partial charge in [0.15, 0.2) is 0 Å². The zero-order valence-corrected chi connectivity index (χ0v) is 9.28. The fraction of sp³-hybridized carbons (Fsp3) is 0.875. The molecule has 1 aliphatic rings. The van der Waals surface area contributed by atoms with E-state index < -0.39 is 22.2 Å². The summed E-state index contributed by atoms with van der Waals surface area (Å²) < 4.78 is 28.4. The average molecular weight is 224 g/mol. The Labute approximate surface area is 85.0 Å². The van der Waals surface area contributed by atoms with E-state index in [1.54, 1.807) is 20.8 Å². The predicted octanol–water partition coefficient (Wildman–Crippen LogP) is 1.64. The lowest BCUT2D eigenvalue weighted by molar-refractivity contribution is -0.153. The molecule has 0 aliphatic carbocycles. The van der Waals surface area contributed by atoms with Crippen molar-refractivity contribution in [2.24, 2.45) is 5.92 Å². The summed E-state index contributed by atoms with van der Waals surface area (Å²) >= 11 is 0. The Kier molecular flexibility index (Phi) is 3.41. The summed E-state index contributed by atoms with van der Waals surface area (Å²) in [7, 11) is -3.02. The molecule has 5 nitrogen and oxygen atoms in total. The van der Waals surface area contributed by atoms with Crippen LogP contribution in [-0.2, 0) is 13.7 Å². The highest BCUT2D eigenvalue weighted by Gasteiger charge is 2.43. The van der Waals surface area contributed by atoms with Crippen LogP contribution in [0.25, 0.3) is 0 Å². The Morgan fingerprint density at radius 3 is 2.50 bits per heavy atom. The van der Waals surface area contributed by atoms with Gasteiger partial charge in [-0.1, -0.05) is 13.8 Å². The van der Waals surface area contributed by atoms with Crippen LogP contribution in [0.1, 0.15) is 20.8 Å². The topological polar surface area (TPSA) is 76.0 Å². The molecule has 0 aromatic carbocycles. The van der Waals surface area contributed by atoms with Crippen LogP contribution < -0.4 is 0 Å². The molecule has 1 rings (SSSR count). The van der Waals surface area contributed by atoms with Crippen LogP contribution in [-0.4, -0.2) is 33.0 Å². The molecule has 0 radical (unpaired) electrons. The van der Waals surface area contributed by atoms with Crippen LogP contribution in [0.3, 0.4) is 0 Å². The van der Waals surface area contributed by atoms with Crippen LogP contribution in [0.4, 0.5) is 0 Å². The minimum Gasteiger partial charge on any atom is -0.458 e. The van der Waals surface area contributed by atoms with Gasteiger partial charge in [0.25, 0.3) is 0 Å². The SMILES string of the molecule is CC(C)C(=O)OC1COS(O)(O)C1C. The molecule has 1 aliphatic heterocycles. The van der Waals surface area contributed by atoms with E-state index in [9.17, 15) is 13.9 Å². The van der Waals surface area contributed by atoms with Gasteiger partial charge >= 0.3 is 5.97 Å². The fourth-order valence-corrected chi connectivity index (χ4v) is 2.10. The smallest absolute Gasteiger partial charge is 0.308 e. The monoisotopic (exact) mass is 224 g/mol. The van der Waals surface area contributed by atoms with E-state index in [-0.39, 0.29) is 18.5 Å². The Bertz CT molecular complexity index is 228. The van der Waals surface area contributed by atoms with Crippen molar-refractivity contribution in [3.05, 3.63) is 0 Å². The first-order chi connectivity index (χ1) is 6.34. The Balaban J connectivity index is 2.53. The van der Waals surface area contributed by atoms with Crippen molar-refractivity contribution in [3.8, 4) is 0 Å². The molecule has 0 saturated carbocycles. The first-order valence-corrected chi connectivity index (χ1v) is 6.00. The van der Waals surface area contributed by atoms with Crippen molar-refractivity contribution in [1.82, 2.24) is 0 Å². The van der Waals surface area contributed by atoms with Crippen molar-refractivity contribution in [1.29, 1.82) is 0 Å². The summed E-state index contributed by atoms with van der Waals surface area (Å²) in [5.74, 6) is -0.563. The molecule has 1 fully saturated rings. The van der Waals surface area contributed by atoms with E-state index >= 15 is 0 Å². The van der Waals surface area contributed by atoms with Gasteiger partial charge in [-0.15, -0.1) is 0 Å². The molecule has 0 aromatic rings.